The van der Waals surface area contributed by atoms with E-state index in [-0.39, 0.29) is 0 Å². The predicted octanol–water partition coefficient (Wildman–Crippen LogP) is 2.17. The number of alkyl halides is 1. The Morgan fingerprint density at radius 2 is 2.00 bits per heavy atom. The molecule has 0 radical (unpaired) electrons. The highest BCUT2D eigenvalue weighted by Crippen LogP contribution is 2.02. The maximum atomic E-state index is 10.5. The second kappa shape index (κ2) is 4.87. The lowest BCUT2D eigenvalue weighted by Gasteiger charge is -1.93. The van der Waals surface area contributed by atoms with Gasteiger partial charge in [0.05, 0.1) is 9.99 Å². The number of carboxylic acid groups (broad SMARTS) is 1. The van der Waals surface area contributed by atoms with Crippen LogP contribution in [0.15, 0.2) is 24.3 Å². The third-order valence-electron chi connectivity index (χ3n) is 1.43. The fourth-order valence-electron chi connectivity index (χ4n) is 0.832. The van der Waals surface area contributed by atoms with Crippen LogP contribution >= 0.6 is 22.6 Å². The second-order valence-corrected chi connectivity index (χ2v) is 3.08. The zero-order chi connectivity index (χ0) is 9.68. The first-order valence-corrected chi connectivity index (χ1v) is 5.15. The third kappa shape index (κ3) is 3.07. The number of aromatic carboxylic acids is 1. The van der Waals surface area contributed by atoms with E-state index in [2.05, 4.69) is 34.4 Å². The van der Waals surface area contributed by atoms with Crippen LogP contribution in [-0.4, -0.2) is 15.5 Å². The van der Waals surface area contributed by atoms with Crippen LogP contribution in [0.3, 0.4) is 0 Å². The van der Waals surface area contributed by atoms with Crippen molar-refractivity contribution in [2.24, 2.45) is 0 Å². The van der Waals surface area contributed by atoms with Gasteiger partial charge in [-0.2, -0.15) is 0 Å². The number of carbonyl (C=O) groups is 1. The molecule has 2 nitrogen and oxygen atoms in total. The minimum Gasteiger partial charge on any atom is -0.478 e. The monoisotopic (exact) mass is 286 g/mol. The summed E-state index contributed by atoms with van der Waals surface area (Å²) in [6, 6.07) is 6.53. The van der Waals surface area contributed by atoms with Crippen molar-refractivity contribution in [2.45, 2.75) is 0 Å². The molecule has 1 aromatic rings. The summed E-state index contributed by atoms with van der Waals surface area (Å²) in [5.74, 6) is 4.90. The maximum Gasteiger partial charge on any atom is 0.335 e. The Morgan fingerprint density at radius 1 is 1.38 bits per heavy atom. The van der Waals surface area contributed by atoms with E-state index in [0.29, 0.717) is 5.56 Å². The van der Waals surface area contributed by atoms with E-state index in [4.69, 9.17) is 5.11 Å². The lowest BCUT2D eigenvalue weighted by Crippen LogP contribution is -1.94. The third-order valence-corrected chi connectivity index (χ3v) is 1.81. The number of rotatable bonds is 1. The molecule has 1 aromatic carbocycles. The van der Waals surface area contributed by atoms with Gasteiger partial charge in [-0.1, -0.05) is 34.4 Å². The average Bonchev–Trinajstić information content (AvgIpc) is 2.15. The Balaban J connectivity index is 2.87. The van der Waals surface area contributed by atoms with E-state index in [1.54, 1.807) is 24.3 Å². The first kappa shape index (κ1) is 10.1. The van der Waals surface area contributed by atoms with Gasteiger partial charge in [0, 0.05) is 5.56 Å². The summed E-state index contributed by atoms with van der Waals surface area (Å²) < 4.78 is 0.776. The lowest BCUT2D eigenvalue weighted by molar-refractivity contribution is 0.0697. The van der Waals surface area contributed by atoms with Crippen LogP contribution in [0.4, 0.5) is 0 Å². The molecule has 66 valence electrons. The van der Waals surface area contributed by atoms with Gasteiger partial charge in [0.15, 0.2) is 0 Å². The molecule has 13 heavy (non-hydrogen) atoms. The maximum absolute atomic E-state index is 10.5. The summed E-state index contributed by atoms with van der Waals surface area (Å²) in [4.78, 5) is 10.5. The Bertz CT molecular complexity index is 357. The van der Waals surface area contributed by atoms with Crippen molar-refractivity contribution >= 4 is 28.6 Å². The molecule has 0 bridgehead atoms. The molecule has 0 saturated carbocycles. The van der Waals surface area contributed by atoms with Crippen molar-refractivity contribution in [3.63, 3.8) is 0 Å². The molecule has 0 aliphatic heterocycles. The highest BCUT2D eigenvalue weighted by molar-refractivity contribution is 14.1. The van der Waals surface area contributed by atoms with Gasteiger partial charge in [-0.05, 0) is 24.3 Å². The van der Waals surface area contributed by atoms with Gasteiger partial charge in [0.25, 0.3) is 0 Å². The van der Waals surface area contributed by atoms with Crippen molar-refractivity contribution in [3.05, 3.63) is 35.4 Å². The lowest BCUT2D eigenvalue weighted by atomic mass is 10.1. The molecule has 0 heterocycles. The van der Waals surface area contributed by atoms with Crippen molar-refractivity contribution in [1.29, 1.82) is 0 Å². The van der Waals surface area contributed by atoms with Gasteiger partial charge < -0.3 is 5.11 Å². The van der Waals surface area contributed by atoms with E-state index in [0.717, 1.165) is 9.99 Å². The van der Waals surface area contributed by atoms with Crippen LogP contribution in [0.5, 0.6) is 0 Å². The van der Waals surface area contributed by atoms with Gasteiger partial charge in [0.2, 0.25) is 0 Å². The first-order valence-electron chi connectivity index (χ1n) is 3.62. The fraction of sp³-hybridized carbons (Fsp3) is 0.100. The number of carboxylic acids is 1. The van der Waals surface area contributed by atoms with Crippen LogP contribution in [0.1, 0.15) is 15.9 Å². The number of benzene rings is 1. The molecule has 0 spiro atoms. The molecule has 0 aliphatic rings. The molecule has 3 heteroatoms. The van der Waals surface area contributed by atoms with Crippen molar-refractivity contribution < 1.29 is 9.90 Å². The summed E-state index contributed by atoms with van der Waals surface area (Å²) in [5.41, 5.74) is 1.14. The van der Waals surface area contributed by atoms with Crippen LogP contribution in [-0.2, 0) is 0 Å². The second-order valence-electron chi connectivity index (χ2n) is 2.32. The van der Waals surface area contributed by atoms with Crippen molar-refractivity contribution in [1.82, 2.24) is 0 Å². The van der Waals surface area contributed by atoms with E-state index in [1.165, 1.54) is 0 Å². The van der Waals surface area contributed by atoms with Crippen LogP contribution in [0.25, 0.3) is 0 Å². The molecule has 0 atom stereocenters. The van der Waals surface area contributed by atoms with Gasteiger partial charge in [-0.3, -0.25) is 0 Å². The molecule has 1 rings (SSSR count). The normalized spacial score (nSPS) is 8.69. The number of hydrogen-bond acceptors (Lipinski definition) is 1. The van der Waals surface area contributed by atoms with Gasteiger partial charge >= 0.3 is 5.97 Å². The number of halogens is 1. The zero-order valence-corrected chi connectivity index (χ0v) is 8.91. The summed E-state index contributed by atoms with van der Waals surface area (Å²) in [6.07, 6.45) is 0. The molecule has 1 N–H and O–H groups in total. The molecule has 0 saturated heterocycles. The Morgan fingerprint density at radius 3 is 2.46 bits per heavy atom. The summed E-state index contributed by atoms with van der Waals surface area (Å²) in [5, 5.41) is 8.61. The Labute approximate surface area is 90.1 Å². The van der Waals surface area contributed by atoms with Crippen molar-refractivity contribution in [3.8, 4) is 11.8 Å². The van der Waals surface area contributed by atoms with E-state index in [9.17, 15) is 4.79 Å². The largest absolute Gasteiger partial charge is 0.478 e. The average molecular weight is 286 g/mol. The smallest absolute Gasteiger partial charge is 0.335 e. The fourth-order valence-corrected chi connectivity index (χ4v) is 1.02. The summed E-state index contributed by atoms with van der Waals surface area (Å²) >= 11 is 2.16. The van der Waals surface area contributed by atoms with Gasteiger partial charge in [-0.25, -0.2) is 4.79 Å². The zero-order valence-electron chi connectivity index (χ0n) is 6.75. The molecule has 0 fully saturated rings. The highest BCUT2D eigenvalue weighted by Gasteiger charge is 1.99. The van der Waals surface area contributed by atoms with E-state index < -0.39 is 5.97 Å². The molecular formula is C10H7IO2. The van der Waals surface area contributed by atoms with E-state index in [1.807, 2.05) is 0 Å². The number of hydrogen-bond donors (Lipinski definition) is 1. The van der Waals surface area contributed by atoms with Crippen LogP contribution in [0, 0.1) is 11.8 Å². The minimum atomic E-state index is -0.909. The molecule has 0 amide bonds. The standard InChI is InChI=1S/C10H7IO2/c11-7-1-2-8-3-5-9(6-4-8)10(12)13/h3-6H,7H2,(H,12,13). The van der Waals surface area contributed by atoms with Crippen molar-refractivity contribution in [2.75, 3.05) is 4.43 Å². The summed E-state index contributed by atoms with van der Waals surface area (Å²) in [6.45, 7) is 0. The van der Waals surface area contributed by atoms with E-state index >= 15 is 0 Å². The molecule has 0 aromatic heterocycles. The topological polar surface area (TPSA) is 37.3 Å². The predicted molar refractivity (Wildman–Crippen MR) is 59.2 cm³/mol. The SMILES string of the molecule is O=C(O)c1ccc(C#CCI)cc1. The molecule has 0 unspecified atom stereocenters. The van der Waals surface area contributed by atoms with Gasteiger partial charge in [-0.15, -0.1) is 0 Å². The molecular weight excluding hydrogens is 279 g/mol. The quantitative estimate of drug-likeness (QED) is 0.488. The summed E-state index contributed by atoms with van der Waals surface area (Å²) in [7, 11) is 0. The molecule has 0 aliphatic carbocycles. The Kier molecular flexibility index (Phi) is 3.77. The minimum absolute atomic E-state index is 0.292. The van der Waals surface area contributed by atoms with Crippen LogP contribution in [0.2, 0.25) is 0 Å². The Hall–Kier alpha value is -1.02. The highest BCUT2D eigenvalue weighted by atomic mass is 127. The van der Waals surface area contributed by atoms with Gasteiger partial charge in [0.1, 0.15) is 0 Å². The first-order chi connectivity index (χ1) is 6.24. The van der Waals surface area contributed by atoms with Crippen LogP contribution < -0.4 is 0 Å².